The molecule has 1 atom stereocenters. The predicted octanol–water partition coefficient (Wildman–Crippen LogP) is 2.51. The number of hydrogen-bond donors (Lipinski definition) is 1. The molecule has 0 aliphatic carbocycles. The van der Waals surface area contributed by atoms with Crippen molar-refractivity contribution in [1.82, 2.24) is 5.32 Å². The normalized spacial score (nSPS) is 19.1. The molecule has 2 rings (SSSR count). The Morgan fingerprint density at radius 1 is 1.41 bits per heavy atom. The van der Waals surface area contributed by atoms with Gasteiger partial charge in [0.1, 0.15) is 11.5 Å². The number of nitrogens with one attached hydrogen (secondary N) is 1. The van der Waals surface area contributed by atoms with Crippen LogP contribution in [0.25, 0.3) is 0 Å². The maximum absolute atomic E-state index is 11.8. The molecule has 92 valence electrons. The number of fused-ring (bicyclic) bond motifs is 1. The Bertz CT molecular complexity index is 459. The molecule has 0 bridgehead atoms. The average Bonchev–Trinajstić information content (AvgIpc) is 2.27. The van der Waals surface area contributed by atoms with E-state index in [0.717, 1.165) is 0 Å². The minimum Gasteiger partial charge on any atom is -0.497 e. The zero-order valence-corrected chi connectivity index (χ0v) is 10.9. The molecule has 1 aliphatic heterocycles. The van der Waals surface area contributed by atoms with E-state index in [-0.39, 0.29) is 5.91 Å². The van der Waals surface area contributed by atoms with Crippen molar-refractivity contribution in [2.75, 3.05) is 7.11 Å². The van der Waals surface area contributed by atoms with Gasteiger partial charge in [-0.1, -0.05) is 34.8 Å². The van der Waals surface area contributed by atoms with Gasteiger partial charge in [-0.3, -0.25) is 4.79 Å². The number of carbonyl (C=O) groups is 1. The van der Waals surface area contributed by atoms with E-state index in [1.54, 1.807) is 18.2 Å². The second-order valence-corrected chi connectivity index (χ2v) is 5.74. The molecule has 1 aromatic rings. The van der Waals surface area contributed by atoms with Crippen molar-refractivity contribution in [1.29, 1.82) is 0 Å². The van der Waals surface area contributed by atoms with E-state index in [1.807, 2.05) is 0 Å². The Balaban J connectivity index is 2.35. The van der Waals surface area contributed by atoms with Crippen LogP contribution in [0.1, 0.15) is 10.4 Å². The fourth-order valence-electron chi connectivity index (χ4n) is 1.42. The highest BCUT2D eigenvalue weighted by molar-refractivity contribution is 6.68. The summed E-state index contributed by atoms with van der Waals surface area (Å²) in [6, 6.07) is 4.81. The van der Waals surface area contributed by atoms with Gasteiger partial charge in [0.25, 0.3) is 5.91 Å². The quantitative estimate of drug-likeness (QED) is 0.810. The van der Waals surface area contributed by atoms with Crippen molar-refractivity contribution in [3.8, 4) is 11.5 Å². The Morgan fingerprint density at radius 3 is 2.71 bits per heavy atom. The lowest BCUT2D eigenvalue weighted by Gasteiger charge is -2.31. The van der Waals surface area contributed by atoms with Crippen LogP contribution in [0.3, 0.4) is 0 Å². The summed E-state index contributed by atoms with van der Waals surface area (Å²) in [6.45, 7) is 0. The second-order valence-electron chi connectivity index (χ2n) is 3.38. The zero-order valence-electron chi connectivity index (χ0n) is 8.67. The van der Waals surface area contributed by atoms with Crippen LogP contribution in [0.15, 0.2) is 18.2 Å². The largest absolute Gasteiger partial charge is 0.497 e. The maximum Gasteiger partial charge on any atom is 0.258 e. The number of ether oxygens (including phenoxy) is 2. The number of amides is 1. The summed E-state index contributed by atoms with van der Waals surface area (Å²) in [6.07, 6.45) is -1.01. The van der Waals surface area contributed by atoms with Crippen molar-refractivity contribution >= 4 is 40.7 Å². The molecule has 0 aromatic heterocycles. The summed E-state index contributed by atoms with van der Waals surface area (Å²) >= 11 is 17.0. The first-order chi connectivity index (χ1) is 7.91. The first-order valence-corrected chi connectivity index (χ1v) is 5.77. The van der Waals surface area contributed by atoms with Gasteiger partial charge in [-0.2, -0.15) is 0 Å². The number of methoxy groups -OCH3 is 1. The van der Waals surface area contributed by atoms with E-state index < -0.39 is 10.0 Å². The lowest BCUT2D eigenvalue weighted by Crippen LogP contribution is -2.50. The van der Waals surface area contributed by atoms with Crippen LogP contribution < -0.4 is 14.8 Å². The molecule has 17 heavy (non-hydrogen) atoms. The lowest BCUT2D eigenvalue weighted by atomic mass is 10.1. The van der Waals surface area contributed by atoms with Crippen LogP contribution in [0.4, 0.5) is 0 Å². The fourth-order valence-corrected chi connectivity index (χ4v) is 1.72. The van der Waals surface area contributed by atoms with Gasteiger partial charge in [-0.25, -0.2) is 0 Å². The van der Waals surface area contributed by atoms with Crippen molar-refractivity contribution in [2.24, 2.45) is 0 Å². The van der Waals surface area contributed by atoms with Gasteiger partial charge >= 0.3 is 0 Å². The molecular weight excluding hydrogens is 288 g/mol. The standard InChI is InChI=1S/C10H8Cl3NO3/c1-16-5-2-3-7-6(4-5)8(15)14-9(17-7)10(11,12)13/h2-4,9H,1H3,(H,14,15). The lowest BCUT2D eigenvalue weighted by molar-refractivity contribution is 0.0763. The molecule has 1 amide bonds. The molecule has 1 aliphatic rings. The molecule has 0 saturated heterocycles. The Kier molecular flexibility index (Phi) is 3.30. The minimum atomic E-state index is -1.73. The van der Waals surface area contributed by atoms with E-state index in [2.05, 4.69) is 5.32 Å². The molecule has 1 unspecified atom stereocenters. The Labute approximate surface area is 113 Å². The van der Waals surface area contributed by atoms with E-state index in [9.17, 15) is 4.79 Å². The third-order valence-corrected chi connectivity index (χ3v) is 2.83. The number of benzene rings is 1. The molecule has 0 spiro atoms. The second kappa shape index (κ2) is 4.44. The Morgan fingerprint density at radius 2 is 2.12 bits per heavy atom. The van der Waals surface area contributed by atoms with E-state index in [1.165, 1.54) is 7.11 Å². The summed E-state index contributed by atoms with van der Waals surface area (Å²) in [4.78, 5) is 11.8. The highest BCUT2D eigenvalue weighted by atomic mass is 35.6. The summed E-state index contributed by atoms with van der Waals surface area (Å²) < 4.78 is 8.66. The third-order valence-electron chi connectivity index (χ3n) is 2.24. The number of rotatable bonds is 1. The highest BCUT2D eigenvalue weighted by Gasteiger charge is 2.40. The summed E-state index contributed by atoms with van der Waals surface area (Å²) in [5.74, 6) is 0.530. The fraction of sp³-hybridized carbons (Fsp3) is 0.300. The number of halogens is 3. The molecule has 4 nitrogen and oxygen atoms in total. The van der Waals surface area contributed by atoms with Crippen LogP contribution in [0, 0.1) is 0 Å². The van der Waals surface area contributed by atoms with Gasteiger partial charge in [0.2, 0.25) is 10.0 Å². The van der Waals surface area contributed by atoms with Gasteiger partial charge in [0.15, 0.2) is 0 Å². The summed E-state index contributed by atoms with van der Waals surface area (Å²) in [5, 5.41) is 2.45. The topological polar surface area (TPSA) is 47.6 Å². The Hall–Kier alpha value is -0.840. The first-order valence-electron chi connectivity index (χ1n) is 4.64. The highest BCUT2D eigenvalue weighted by Crippen LogP contribution is 2.36. The van der Waals surface area contributed by atoms with Gasteiger partial charge in [-0.15, -0.1) is 0 Å². The number of hydrogen-bond acceptors (Lipinski definition) is 3. The molecule has 0 fully saturated rings. The molecule has 1 aromatic carbocycles. The van der Waals surface area contributed by atoms with Crippen LogP contribution in [0.5, 0.6) is 11.5 Å². The number of alkyl halides is 3. The van der Waals surface area contributed by atoms with Crippen molar-refractivity contribution < 1.29 is 14.3 Å². The van der Waals surface area contributed by atoms with E-state index in [0.29, 0.717) is 17.1 Å². The first kappa shape index (κ1) is 12.6. The minimum absolute atomic E-state index is 0.342. The molecule has 7 heteroatoms. The van der Waals surface area contributed by atoms with Crippen molar-refractivity contribution in [3.63, 3.8) is 0 Å². The molecule has 0 saturated carbocycles. The van der Waals surface area contributed by atoms with Crippen LogP contribution in [0.2, 0.25) is 0 Å². The molecule has 1 N–H and O–H groups in total. The van der Waals surface area contributed by atoms with Gasteiger partial charge in [0.05, 0.1) is 12.7 Å². The smallest absolute Gasteiger partial charge is 0.258 e. The molecule has 1 heterocycles. The predicted molar refractivity (Wildman–Crippen MR) is 65.2 cm³/mol. The number of carbonyl (C=O) groups excluding carboxylic acids is 1. The maximum atomic E-state index is 11.8. The van der Waals surface area contributed by atoms with Crippen LogP contribution >= 0.6 is 34.8 Å². The SMILES string of the molecule is COc1ccc2c(c1)C(=O)NC(C(Cl)(Cl)Cl)O2. The van der Waals surface area contributed by atoms with Gasteiger partial charge < -0.3 is 14.8 Å². The average molecular weight is 297 g/mol. The summed E-state index contributed by atoms with van der Waals surface area (Å²) in [5.41, 5.74) is 0.342. The monoisotopic (exact) mass is 295 g/mol. The molecular formula is C10H8Cl3NO3. The van der Waals surface area contributed by atoms with Crippen molar-refractivity contribution in [3.05, 3.63) is 23.8 Å². The third kappa shape index (κ3) is 2.54. The zero-order chi connectivity index (χ0) is 12.6. The summed E-state index contributed by atoms with van der Waals surface area (Å²) in [7, 11) is 1.51. The van der Waals surface area contributed by atoms with Crippen LogP contribution in [-0.4, -0.2) is 23.0 Å². The van der Waals surface area contributed by atoms with Gasteiger partial charge in [-0.05, 0) is 18.2 Å². The van der Waals surface area contributed by atoms with Crippen LogP contribution in [-0.2, 0) is 0 Å². The van der Waals surface area contributed by atoms with Gasteiger partial charge in [0, 0.05) is 0 Å². The van der Waals surface area contributed by atoms with E-state index in [4.69, 9.17) is 44.3 Å². The van der Waals surface area contributed by atoms with E-state index >= 15 is 0 Å². The van der Waals surface area contributed by atoms with Crippen molar-refractivity contribution in [2.45, 2.75) is 10.0 Å². The molecule has 0 radical (unpaired) electrons.